The lowest BCUT2D eigenvalue weighted by atomic mass is 10.3. The monoisotopic (exact) mass is 341 g/mol. The van der Waals surface area contributed by atoms with Crippen LogP contribution in [0.1, 0.15) is 6.42 Å². The van der Waals surface area contributed by atoms with Gasteiger partial charge in [0.15, 0.2) is 6.61 Å². The zero-order valence-electron chi connectivity index (χ0n) is 11.0. The van der Waals surface area contributed by atoms with Crippen molar-refractivity contribution in [3.8, 4) is 5.75 Å². The number of nitrogens with zero attached hydrogens (tertiary/aromatic N) is 1. The predicted octanol–water partition coefficient (Wildman–Crippen LogP) is 2.03. The number of alkyl halides is 3. The van der Waals surface area contributed by atoms with Gasteiger partial charge in [0.2, 0.25) is 5.91 Å². The fourth-order valence-electron chi connectivity index (χ4n) is 2.00. The van der Waals surface area contributed by atoms with Gasteiger partial charge in [-0.25, -0.2) is 0 Å². The van der Waals surface area contributed by atoms with Gasteiger partial charge in [-0.05, 0) is 24.3 Å². The zero-order chi connectivity index (χ0) is 16.5. The Labute approximate surface area is 123 Å². The van der Waals surface area contributed by atoms with E-state index in [2.05, 4.69) is 4.74 Å². The second-order valence-corrected chi connectivity index (χ2v) is 6.32. The highest BCUT2D eigenvalue weighted by Gasteiger charge is 2.39. The molecule has 1 aromatic rings. The number of halogens is 4. The highest BCUT2D eigenvalue weighted by molar-refractivity contribution is 7.87. The summed E-state index contributed by atoms with van der Waals surface area (Å²) in [6.07, 6.45) is -4.93. The Morgan fingerprint density at radius 1 is 1.23 bits per heavy atom. The van der Waals surface area contributed by atoms with Crippen LogP contribution in [0.4, 0.5) is 22.7 Å². The molecule has 1 aliphatic rings. The maximum absolute atomic E-state index is 12.9. The highest BCUT2D eigenvalue weighted by Crippen LogP contribution is 2.28. The first-order valence-electron chi connectivity index (χ1n) is 6.10. The van der Waals surface area contributed by atoms with Crippen molar-refractivity contribution < 1.29 is 35.0 Å². The van der Waals surface area contributed by atoms with E-state index in [-0.39, 0.29) is 18.0 Å². The third-order valence-corrected chi connectivity index (χ3v) is 4.15. The van der Waals surface area contributed by atoms with Crippen LogP contribution in [0.15, 0.2) is 24.3 Å². The molecule has 0 bridgehead atoms. The molecule has 1 unspecified atom stereocenters. The van der Waals surface area contributed by atoms with Gasteiger partial charge in [-0.3, -0.25) is 4.79 Å². The van der Waals surface area contributed by atoms with Crippen molar-refractivity contribution in [2.75, 3.05) is 18.1 Å². The number of anilines is 1. The van der Waals surface area contributed by atoms with E-state index in [4.69, 9.17) is 0 Å². The molecule has 122 valence electrons. The van der Waals surface area contributed by atoms with E-state index in [1.165, 1.54) is 24.3 Å². The molecule has 1 aliphatic heterocycles. The van der Waals surface area contributed by atoms with Gasteiger partial charge < -0.3 is 9.64 Å². The van der Waals surface area contributed by atoms with Crippen molar-refractivity contribution in [1.29, 1.82) is 0 Å². The molecule has 2 rings (SSSR count). The van der Waals surface area contributed by atoms with Crippen molar-refractivity contribution >= 4 is 21.8 Å². The molecule has 0 aliphatic carbocycles. The third-order valence-electron chi connectivity index (χ3n) is 3.04. The molecule has 1 fully saturated rings. The van der Waals surface area contributed by atoms with Crippen molar-refractivity contribution in [1.82, 2.24) is 0 Å². The number of hydrogen-bond acceptors (Lipinski definition) is 4. The van der Waals surface area contributed by atoms with Gasteiger partial charge in [0, 0.05) is 18.7 Å². The molecule has 0 spiro atoms. The summed E-state index contributed by atoms with van der Waals surface area (Å²) in [6, 6.07) is 5.03. The fraction of sp³-hybridized carbons (Fsp3) is 0.417. The molecule has 1 heterocycles. The average Bonchev–Trinajstić information content (AvgIpc) is 2.78. The predicted molar refractivity (Wildman–Crippen MR) is 68.8 cm³/mol. The van der Waals surface area contributed by atoms with E-state index in [9.17, 15) is 30.3 Å². The minimum absolute atomic E-state index is 0.0533. The lowest BCUT2D eigenvalue weighted by Crippen LogP contribution is -2.26. The van der Waals surface area contributed by atoms with Crippen LogP contribution >= 0.6 is 0 Å². The maximum Gasteiger partial charge on any atom is 0.422 e. The Morgan fingerprint density at radius 2 is 1.82 bits per heavy atom. The molecule has 0 aromatic heterocycles. The van der Waals surface area contributed by atoms with Gasteiger partial charge in [0.25, 0.3) is 0 Å². The normalized spacial score (nSPS) is 19.5. The summed E-state index contributed by atoms with van der Waals surface area (Å²) < 4.78 is 75.0. The van der Waals surface area contributed by atoms with Crippen molar-refractivity contribution in [3.63, 3.8) is 0 Å². The molecule has 5 nitrogen and oxygen atoms in total. The topological polar surface area (TPSA) is 63.7 Å². The molecule has 1 saturated heterocycles. The van der Waals surface area contributed by atoms with E-state index < -0.39 is 40.6 Å². The summed E-state index contributed by atoms with van der Waals surface area (Å²) in [5, 5.41) is -1.43. The number of carbonyl (C=O) groups is 1. The van der Waals surface area contributed by atoms with Crippen LogP contribution in [0.2, 0.25) is 0 Å². The Hall–Kier alpha value is -1.84. The first kappa shape index (κ1) is 16.5. The smallest absolute Gasteiger partial charge is 0.422 e. The molecule has 22 heavy (non-hydrogen) atoms. The van der Waals surface area contributed by atoms with Crippen LogP contribution in [0.3, 0.4) is 0 Å². The molecule has 0 radical (unpaired) electrons. The number of hydrogen-bond donors (Lipinski definition) is 0. The molecule has 0 N–H and O–H groups in total. The second-order valence-electron chi connectivity index (χ2n) is 4.70. The van der Waals surface area contributed by atoms with Crippen LogP contribution < -0.4 is 9.64 Å². The minimum atomic E-state index is -4.82. The first-order valence-corrected chi connectivity index (χ1v) is 7.54. The van der Waals surface area contributed by atoms with E-state index in [1.54, 1.807) is 0 Å². The second kappa shape index (κ2) is 5.75. The summed E-state index contributed by atoms with van der Waals surface area (Å²) in [6.45, 7) is -1.78. The molecular formula is C12H11F4NO4S. The highest BCUT2D eigenvalue weighted by atomic mass is 32.3. The summed E-state index contributed by atoms with van der Waals surface area (Å²) in [7, 11) is -4.82. The third kappa shape index (κ3) is 4.09. The molecule has 1 aromatic carbocycles. The Kier molecular flexibility index (Phi) is 4.32. The van der Waals surface area contributed by atoms with Crippen LogP contribution in [-0.4, -0.2) is 38.9 Å². The average molecular weight is 341 g/mol. The summed E-state index contributed by atoms with van der Waals surface area (Å²) in [5.74, 6) is -0.627. The lowest BCUT2D eigenvalue weighted by molar-refractivity contribution is -0.153. The van der Waals surface area contributed by atoms with Crippen LogP contribution in [0, 0.1) is 0 Å². The number of ether oxygens (including phenoxy) is 1. The fourth-order valence-corrected chi connectivity index (χ4v) is 2.67. The largest absolute Gasteiger partial charge is 0.484 e. The van der Waals surface area contributed by atoms with Crippen molar-refractivity contribution in [3.05, 3.63) is 24.3 Å². The molecular weight excluding hydrogens is 330 g/mol. The Balaban J connectivity index is 2.06. The lowest BCUT2D eigenvalue weighted by Gasteiger charge is -2.16. The standard InChI is InChI=1S/C12H11F4NO4S/c13-12(14,15)7-21-9-3-1-8(2-4-9)17-6-10(5-11(17)18)22(16,19)20/h1-4,10H,5-7H2. The van der Waals surface area contributed by atoms with Gasteiger partial charge in [0.1, 0.15) is 11.0 Å². The number of benzene rings is 1. The van der Waals surface area contributed by atoms with E-state index in [0.29, 0.717) is 0 Å². The van der Waals surface area contributed by atoms with E-state index >= 15 is 0 Å². The van der Waals surface area contributed by atoms with Gasteiger partial charge in [-0.1, -0.05) is 0 Å². The quantitative estimate of drug-likeness (QED) is 0.621. The van der Waals surface area contributed by atoms with Gasteiger partial charge in [-0.2, -0.15) is 21.6 Å². The summed E-state index contributed by atoms with van der Waals surface area (Å²) in [4.78, 5) is 12.8. The van der Waals surface area contributed by atoms with Crippen LogP contribution in [0.25, 0.3) is 0 Å². The van der Waals surface area contributed by atoms with Gasteiger partial charge in [-0.15, -0.1) is 3.89 Å². The molecule has 1 atom stereocenters. The number of amides is 1. The maximum atomic E-state index is 12.9. The minimum Gasteiger partial charge on any atom is -0.484 e. The van der Waals surface area contributed by atoms with Crippen molar-refractivity contribution in [2.24, 2.45) is 0 Å². The van der Waals surface area contributed by atoms with E-state index in [1.807, 2.05) is 0 Å². The van der Waals surface area contributed by atoms with Crippen LogP contribution in [-0.2, 0) is 15.0 Å². The van der Waals surface area contributed by atoms with Crippen molar-refractivity contribution in [2.45, 2.75) is 17.8 Å². The molecule has 1 amide bonds. The Morgan fingerprint density at radius 3 is 2.27 bits per heavy atom. The zero-order valence-corrected chi connectivity index (χ0v) is 11.8. The summed E-state index contributed by atoms with van der Waals surface area (Å²) in [5.41, 5.74) is 0.260. The SMILES string of the molecule is O=C1CC(S(=O)(=O)F)CN1c1ccc(OCC(F)(F)F)cc1. The molecule has 0 saturated carbocycles. The Bertz CT molecular complexity index is 657. The van der Waals surface area contributed by atoms with E-state index in [0.717, 1.165) is 4.90 Å². The van der Waals surface area contributed by atoms with Gasteiger partial charge >= 0.3 is 16.4 Å². The number of rotatable bonds is 4. The van der Waals surface area contributed by atoms with Crippen LogP contribution in [0.5, 0.6) is 5.75 Å². The number of carbonyl (C=O) groups excluding carboxylic acids is 1. The summed E-state index contributed by atoms with van der Waals surface area (Å²) >= 11 is 0. The molecule has 10 heteroatoms. The van der Waals surface area contributed by atoms with Gasteiger partial charge in [0.05, 0.1) is 0 Å². The first-order chi connectivity index (χ1) is 10.1.